The molecule has 2 heterocycles. The van der Waals surface area contributed by atoms with E-state index in [1.807, 2.05) is 30.3 Å². The van der Waals surface area contributed by atoms with Crippen LogP contribution in [0.4, 0.5) is 4.39 Å². The van der Waals surface area contributed by atoms with E-state index in [1.165, 1.54) is 7.11 Å². The lowest BCUT2D eigenvalue weighted by Crippen LogP contribution is -2.46. The number of rotatable bonds is 5. The zero-order valence-corrected chi connectivity index (χ0v) is 16.2. The van der Waals surface area contributed by atoms with Crippen molar-refractivity contribution >= 4 is 5.70 Å². The Morgan fingerprint density at radius 2 is 1.86 bits per heavy atom. The van der Waals surface area contributed by atoms with Crippen LogP contribution < -0.4 is 4.74 Å². The number of aliphatic hydroxyl groups is 1. The van der Waals surface area contributed by atoms with Gasteiger partial charge in [-0.3, -0.25) is 0 Å². The molecule has 2 aromatic carbocycles. The van der Waals surface area contributed by atoms with Crippen LogP contribution in [0.3, 0.4) is 0 Å². The number of benzene rings is 2. The molecule has 0 bridgehead atoms. The summed E-state index contributed by atoms with van der Waals surface area (Å²) in [7, 11) is 1.48. The first-order valence-corrected chi connectivity index (χ1v) is 9.68. The number of ether oxygens (including phenoxy) is 2. The van der Waals surface area contributed by atoms with Gasteiger partial charge in [0.15, 0.2) is 11.6 Å². The fourth-order valence-electron chi connectivity index (χ4n) is 4.04. The van der Waals surface area contributed by atoms with Crippen LogP contribution in [0.5, 0.6) is 5.75 Å². The molecule has 0 amide bonds. The summed E-state index contributed by atoms with van der Waals surface area (Å²) in [6.07, 6.45) is 1.92. The second kappa shape index (κ2) is 7.57. The van der Waals surface area contributed by atoms with Crippen LogP contribution >= 0.6 is 0 Å². The van der Waals surface area contributed by atoms with Gasteiger partial charge in [0, 0.05) is 18.8 Å². The summed E-state index contributed by atoms with van der Waals surface area (Å²) in [5.74, 6) is 0.335. The molecule has 4 rings (SSSR count). The van der Waals surface area contributed by atoms with E-state index < -0.39 is 5.60 Å². The zero-order valence-electron chi connectivity index (χ0n) is 16.2. The standard InChI is InChI=1S/C23H26FNO3/c1-16(17-3-6-20(7-4-17)23(26)14-28-15-23)25-11-9-18(10-12-25)19-5-8-22(27-2)21(24)13-19/h3-8,13,18,26H,1,9-12,14-15H2,2H3. The molecule has 5 heteroatoms. The Bertz CT molecular complexity index is 853. The molecule has 2 aliphatic rings. The van der Waals surface area contributed by atoms with Gasteiger partial charge in [-0.25, -0.2) is 4.39 Å². The molecule has 2 fully saturated rings. The van der Waals surface area contributed by atoms with Crippen LogP contribution in [0, 0.1) is 5.82 Å². The van der Waals surface area contributed by atoms with E-state index in [9.17, 15) is 9.50 Å². The monoisotopic (exact) mass is 383 g/mol. The first kappa shape index (κ1) is 19.0. The number of hydrogen-bond acceptors (Lipinski definition) is 4. The molecule has 0 saturated carbocycles. The number of piperidine rings is 1. The zero-order chi connectivity index (χ0) is 19.7. The first-order chi connectivity index (χ1) is 13.5. The van der Waals surface area contributed by atoms with Crippen LogP contribution in [-0.4, -0.2) is 43.4 Å². The summed E-state index contributed by atoms with van der Waals surface area (Å²) in [6.45, 7) is 6.75. The highest BCUT2D eigenvalue weighted by molar-refractivity contribution is 5.62. The molecule has 0 unspecified atom stereocenters. The van der Waals surface area contributed by atoms with E-state index in [1.54, 1.807) is 12.1 Å². The summed E-state index contributed by atoms with van der Waals surface area (Å²) >= 11 is 0. The smallest absolute Gasteiger partial charge is 0.165 e. The van der Waals surface area contributed by atoms with Crippen molar-refractivity contribution in [3.05, 3.63) is 71.6 Å². The molecule has 1 N–H and O–H groups in total. The molecular formula is C23H26FNO3. The minimum Gasteiger partial charge on any atom is -0.494 e. The van der Waals surface area contributed by atoms with Gasteiger partial charge in [-0.2, -0.15) is 0 Å². The van der Waals surface area contributed by atoms with E-state index in [-0.39, 0.29) is 11.6 Å². The number of likely N-dealkylation sites (tertiary alicyclic amines) is 1. The normalized spacial score (nSPS) is 19.2. The van der Waals surface area contributed by atoms with Crippen molar-refractivity contribution in [2.75, 3.05) is 33.4 Å². The predicted octanol–water partition coefficient (Wildman–Crippen LogP) is 3.90. The summed E-state index contributed by atoms with van der Waals surface area (Å²) in [6, 6.07) is 13.2. The van der Waals surface area contributed by atoms with E-state index in [4.69, 9.17) is 9.47 Å². The first-order valence-electron chi connectivity index (χ1n) is 9.68. The molecule has 2 aliphatic heterocycles. The van der Waals surface area contributed by atoms with Gasteiger partial charge in [-0.05, 0) is 47.6 Å². The summed E-state index contributed by atoms with van der Waals surface area (Å²) in [4.78, 5) is 2.28. The maximum absolute atomic E-state index is 14.0. The average molecular weight is 383 g/mol. The van der Waals surface area contributed by atoms with Gasteiger partial charge in [0.1, 0.15) is 5.60 Å². The molecule has 28 heavy (non-hydrogen) atoms. The average Bonchev–Trinajstić information content (AvgIpc) is 2.71. The summed E-state index contributed by atoms with van der Waals surface area (Å²) < 4.78 is 24.1. The van der Waals surface area contributed by atoms with Crippen LogP contribution in [0.1, 0.15) is 35.4 Å². The van der Waals surface area contributed by atoms with Crippen molar-refractivity contribution in [3.63, 3.8) is 0 Å². The van der Waals surface area contributed by atoms with Crippen molar-refractivity contribution in [2.24, 2.45) is 0 Å². The molecule has 0 spiro atoms. The second-order valence-electron chi connectivity index (χ2n) is 7.70. The predicted molar refractivity (Wildman–Crippen MR) is 107 cm³/mol. The Kier molecular flexibility index (Phi) is 5.13. The maximum atomic E-state index is 14.0. The van der Waals surface area contributed by atoms with E-state index in [0.29, 0.717) is 19.1 Å². The van der Waals surface area contributed by atoms with Gasteiger partial charge in [0.25, 0.3) is 0 Å². The van der Waals surface area contributed by atoms with Gasteiger partial charge in [-0.15, -0.1) is 0 Å². The molecule has 0 radical (unpaired) electrons. The van der Waals surface area contributed by atoms with Crippen LogP contribution in [0.15, 0.2) is 49.0 Å². The second-order valence-corrected chi connectivity index (χ2v) is 7.70. The van der Waals surface area contributed by atoms with Crippen LogP contribution in [0.25, 0.3) is 5.70 Å². The Balaban J connectivity index is 1.38. The Labute approximate surface area is 165 Å². The van der Waals surface area contributed by atoms with Crippen molar-refractivity contribution in [3.8, 4) is 5.75 Å². The van der Waals surface area contributed by atoms with Crippen molar-refractivity contribution in [1.82, 2.24) is 4.90 Å². The number of hydrogen-bond donors (Lipinski definition) is 1. The highest BCUT2D eigenvalue weighted by Gasteiger charge is 2.37. The quantitative estimate of drug-likeness (QED) is 0.850. The molecule has 0 atom stereocenters. The topological polar surface area (TPSA) is 41.9 Å². The molecule has 148 valence electrons. The fraction of sp³-hybridized carbons (Fsp3) is 0.391. The number of halogens is 1. The lowest BCUT2D eigenvalue weighted by Gasteiger charge is -2.37. The Morgan fingerprint density at radius 3 is 2.39 bits per heavy atom. The van der Waals surface area contributed by atoms with Gasteiger partial charge < -0.3 is 19.5 Å². The molecule has 0 aliphatic carbocycles. The molecular weight excluding hydrogens is 357 g/mol. The van der Waals surface area contributed by atoms with E-state index >= 15 is 0 Å². The highest BCUT2D eigenvalue weighted by Crippen LogP contribution is 2.34. The number of nitrogens with zero attached hydrogens (tertiary/aromatic N) is 1. The van der Waals surface area contributed by atoms with E-state index in [0.717, 1.165) is 48.3 Å². The molecule has 2 saturated heterocycles. The molecule has 2 aromatic rings. The van der Waals surface area contributed by atoms with Crippen LogP contribution in [0.2, 0.25) is 0 Å². The van der Waals surface area contributed by atoms with Gasteiger partial charge in [0.05, 0.1) is 20.3 Å². The Hall–Kier alpha value is -2.37. The summed E-state index contributed by atoms with van der Waals surface area (Å²) in [5.41, 5.74) is 3.12. The van der Waals surface area contributed by atoms with Gasteiger partial charge >= 0.3 is 0 Å². The molecule has 0 aromatic heterocycles. The third-order valence-electron chi connectivity index (χ3n) is 5.96. The fourth-order valence-corrected chi connectivity index (χ4v) is 4.04. The molecule has 4 nitrogen and oxygen atoms in total. The lowest BCUT2D eigenvalue weighted by molar-refractivity contribution is -0.184. The van der Waals surface area contributed by atoms with Crippen molar-refractivity contribution in [2.45, 2.75) is 24.4 Å². The third kappa shape index (κ3) is 3.52. The largest absolute Gasteiger partial charge is 0.494 e. The maximum Gasteiger partial charge on any atom is 0.165 e. The van der Waals surface area contributed by atoms with Crippen molar-refractivity contribution in [1.29, 1.82) is 0 Å². The minimum atomic E-state index is -0.841. The summed E-state index contributed by atoms with van der Waals surface area (Å²) in [5, 5.41) is 10.4. The number of methoxy groups -OCH3 is 1. The van der Waals surface area contributed by atoms with Crippen LogP contribution in [-0.2, 0) is 10.3 Å². The van der Waals surface area contributed by atoms with Crippen molar-refractivity contribution < 1.29 is 19.0 Å². The third-order valence-corrected chi connectivity index (χ3v) is 5.96. The SMILES string of the molecule is C=C(c1ccc(C2(O)COC2)cc1)N1CCC(c2ccc(OC)c(F)c2)CC1. The van der Waals surface area contributed by atoms with E-state index in [2.05, 4.69) is 11.5 Å². The Morgan fingerprint density at radius 1 is 1.18 bits per heavy atom. The highest BCUT2D eigenvalue weighted by atomic mass is 19.1. The lowest BCUT2D eigenvalue weighted by atomic mass is 9.88. The minimum absolute atomic E-state index is 0.288. The van der Waals surface area contributed by atoms with Gasteiger partial charge in [-0.1, -0.05) is 36.9 Å². The van der Waals surface area contributed by atoms with Gasteiger partial charge in [0.2, 0.25) is 0 Å².